The SMILES string of the molecule is C=CC(=O)OCCCOc1ccc(OCC=CC(=O)Oc2cc3c4cc(OC(=O)C=CCOc5ccc(OCCCOC(=O)C=C)cc5)c(OC(=O)C=CCOc5ccc(OCCCOC(=O)C=C)cc5)cc4c4cc(OC(=O)C=CCOc5ccc(OCCCOC(=O)C=C)cc5)c(OC(=O)C=CCOc5ccc(OCCCOC(=O)C=C)cc5)cc4c3cc2OC(=O)C=CCOc2ccc(OCCCOC(=O)C=C)cc2)cc1. The molecule has 0 heterocycles. The third-order valence-electron chi connectivity index (χ3n) is 19.7. The summed E-state index contributed by atoms with van der Waals surface area (Å²) in [6, 6.07) is 47.2. The summed E-state index contributed by atoms with van der Waals surface area (Å²) in [6.45, 7) is 21.2. The van der Waals surface area contributed by atoms with E-state index in [-0.39, 0.29) is 151 Å². The molecule has 0 amide bonds. The minimum atomic E-state index is -1.04. The monoisotopic (exact) mass is 2050 g/mol. The van der Waals surface area contributed by atoms with Gasteiger partial charge in [0.2, 0.25) is 0 Å². The molecule has 36 heteroatoms. The van der Waals surface area contributed by atoms with Gasteiger partial charge in [-0.1, -0.05) is 39.5 Å². The first-order chi connectivity index (χ1) is 73.0. The number of benzene rings is 10. The molecule has 0 aliphatic rings. The summed E-state index contributed by atoms with van der Waals surface area (Å²) in [5, 5.41) is 0.567. The Kier molecular flexibility index (Phi) is 47.7. The van der Waals surface area contributed by atoms with Gasteiger partial charge in [-0.15, -0.1) is 0 Å². The number of hydrogen-bond donors (Lipinski definition) is 0. The molecular formula is C114H108O36. The minimum absolute atomic E-state index is 0.0946. The third kappa shape index (κ3) is 41.1. The summed E-state index contributed by atoms with van der Waals surface area (Å²) in [7, 11) is 0. The topological polar surface area (TPSA) is 426 Å². The minimum Gasteiger partial charge on any atom is -0.493 e. The Morgan fingerprint density at radius 3 is 0.407 bits per heavy atom. The van der Waals surface area contributed by atoms with Gasteiger partial charge in [0.05, 0.1) is 79.3 Å². The quantitative estimate of drug-likeness (QED) is 0.00853. The summed E-state index contributed by atoms with van der Waals surface area (Å²) in [5.74, 6) is -6.98. The van der Waals surface area contributed by atoms with Crippen molar-refractivity contribution in [3.63, 3.8) is 0 Å². The molecule has 0 unspecified atom stereocenters. The summed E-state index contributed by atoms with van der Waals surface area (Å²) < 4.78 is 137. The summed E-state index contributed by atoms with van der Waals surface area (Å²) in [5.41, 5.74) is 0. The lowest BCUT2D eigenvalue weighted by Gasteiger charge is -2.18. The van der Waals surface area contributed by atoms with Crippen LogP contribution in [0.2, 0.25) is 0 Å². The number of esters is 12. The zero-order valence-corrected chi connectivity index (χ0v) is 81.6. The first-order valence-electron chi connectivity index (χ1n) is 46.8. The predicted molar refractivity (Wildman–Crippen MR) is 547 cm³/mol. The van der Waals surface area contributed by atoms with Crippen LogP contribution in [0.1, 0.15) is 38.5 Å². The summed E-state index contributed by atoms with van der Waals surface area (Å²) in [4.78, 5) is 156. The van der Waals surface area contributed by atoms with Gasteiger partial charge in [0.1, 0.15) is 109 Å². The van der Waals surface area contributed by atoms with Crippen LogP contribution in [0.25, 0.3) is 32.3 Å². The van der Waals surface area contributed by atoms with Gasteiger partial charge in [-0.25, -0.2) is 57.5 Å². The predicted octanol–water partition coefficient (Wildman–Crippen LogP) is 17.4. The maximum atomic E-state index is 14.5. The molecule has 0 atom stereocenters. The molecule has 0 aliphatic carbocycles. The maximum Gasteiger partial charge on any atom is 0.336 e. The van der Waals surface area contributed by atoms with Crippen molar-refractivity contribution >= 4 is 104 Å². The Bertz CT molecular complexity index is 5470. The fourth-order valence-electron chi connectivity index (χ4n) is 12.8. The largest absolute Gasteiger partial charge is 0.493 e. The van der Waals surface area contributed by atoms with Crippen LogP contribution in [-0.4, -0.2) is 191 Å². The van der Waals surface area contributed by atoms with Crippen LogP contribution in [0.5, 0.6) is 103 Å². The molecule has 0 saturated heterocycles. The van der Waals surface area contributed by atoms with Gasteiger partial charge in [0.25, 0.3) is 0 Å². The molecule has 0 aromatic heterocycles. The molecule has 150 heavy (non-hydrogen) atoms. The molecule has 10 rings (SSSR count). The smallest absolute Gasteiger partial charge is 0.336 e. The molecule has 10 aromatic carbocycles. The zero-order chi connectivity index (χ0) is 107. The van der Waals surface area contributed by atoms with E-state index in [4.69, 9.17) is 114 Å². The average Bonchev–Trinajstić information content (AvgIpc) is 0.721. The Labute approximate surface area is 862 Å². The van der Waals surface area contributed by atoms with E-state index in [1.807, 2.05) is 0 Å². The van der Waals surface area contributed by atoms with Gasteiger partial charge < -0.3 is 114 Å². The van der Waals surface area contributed by atoms with E-state index in [2.05, 4.69) is 39.5 Å². The molecule has 0 saturated carbocycles. The first kappa shape index (κ1) is 113. The number of hydrogen-bond acceptors (Lipinski definition) is 36. The molecule has 0 bridgehead atoms. The van der Waals surface area contributed by atoms with Crippen molar-refractivity contribution in [1.29, 1.82) is 0 Å². The van der Waals surface area contributed by atoms with Crippen LogP contribution in [0.15, 0.2) is 331 Å². The maximum absolute atomic E-state index is 14.5. The van der Waals surface area contributed by atoms with Crippen LogP contribution in [-0.2, 0) is 86.0 Å². The van der Waals surface area contributed by atoms with Gasteiger partial charge in [-0.2, -0.15) is 0 Å². The lowest BCUT2D eigenvalue weighted by molar-refractivity contribution is -0.138. The van der Waals surface area contributed by atoms with Gasteiger partial charge in [-0.05, 0) is 251 Å². The highest BCUT2D eigenvalue weighted by molar-refractivity contribution is 6.27. The van der Waals surface area contributed by atoms with Crippen molar-refractivity contribution in [2.24, 2.45) is 0 Å². The standard InChI is InChI=1S/C114H108O36/c1-7-103(115)139-67-19-61-133-85-43-31-79(32-44-85)127-55-13-25-109(121)145-97-73-91-92(74-98(97)146-110(122)26-14-56-128-80-33-45-86(46-34-80)134-62-20-68-140-104(116)8-2)94-76-100(148-112(124)28-16-58-130-82-37-49-88(50-38-82)136-64-22-70-142-106(118)10-4)102(150-114(126)30-18-60-132-84-41-53-90(54-42-84)138-66-24-72-144-108(120)12-6)78-96(94)95-77-101(149-113(125)29-17-59-131-83-39-51-89(52-40-83)137-65-23-71-143-107(119)11-5)99(75-93(91)95)147-111(123)27-15-57-129-81-35-47-87(48-36-81)135-63-21-69-141-105(117)9-3/h7-18,25-54,73-78H,1-6,19-24,55-72H2. The molecular weight excluding hydrogens is 1950 g/mol. The molecule has 780 valence electrons. The molecule has 36 nitrogen and oxygen atoms in total. The lowest BCUT2D eigenvalue weighted by Crippen LogP contribution is -2.11. The van der Waals surface area contributed by atoms with Crippen LogP contribution >= 0.6 is 0 Å². The van der Waals surface area contributed by atoms with E-state index in [1.165, 1.54) is 72.9 Å². The van der Waals surface area contributed by atoms with Crippen molar-refractivity contribution in [1.82, 2.24) is 0 Å². The Morgan fingerprint density at radius 2 is 0.287 bits per heavy atom. The summed E-state index contributed by atoms with van der Waals surface area (Å²) >= 11 is 0. The van der Waals surface area contributed by atoms with Gasteiger partial charge in [0.15, 0.2) is 34.5 Å². The van der Waals surface area contributed by atoms with Crippen molar-refractivity contribution in [3.05, 3.63) is 331 Å². The number of carbonyl (C=O) groups is 12. The van der Waals surface area contributed by atoms with Gasteiger partial charge in [0, 0.05) is 111 Å². The van der Waals surface area contributed by atoms with Crippen molar-refractivity contribution in [2.75, 3.05) is 119 Å². The summed E-state index contributed by atoms with van der Waals surface area (Å²) in [6.07, 6.45) is 23.1. The number of fused-ring (bicyclic) bond motifs is 6. The molecule has 0 N–H and O–H groups in total. The fraction of sp³-hybridized carbons (Fsp3) is 0.211. The van der Waals surface area contributed by atoms with Gasteiger partial charge in [-0.3, -0.25) is 0 Å². The number of ether oxygens (including phenoxy) is 24. The van der Waals surface area contributed by atoms with Crippen LogP contribution in [0, 0.1) is 0 Å². The van der Waals surface area contributed by atoms with Crippen LogP contribution in [0.4, 0.5) is 0 Å². The number of carbonyl (C=O) groups excluding carboxylic acids is 12. The highest BCUT2D eigenvalue weighted by Gasteiger charge is 2.26. The van der Waals surface area contributed by atoms with Crippen molar-refractivity contribution in [2.45, 2.75) is 38.5 Å². The number of rotatable bonds is 66. The van der Waals surface area contributed by atoms with Crippen LogP contribution < -0.4 is 85.3 Å². The van der Waals surface area contributed by atoms with E-state index in [0.29, 0.717) is 108 Å². The second kappa shape index (κ2) is 63.3. The highest BCUT2D eigenvalue weighted by atomic mass is 16.6. The molecule has 0 fully saturated rings. The van der Waals surface area contributed by atoms with E-state index >= 15 is 0 Å². The van der Waals surface area contributed by atoms with Gasteiger partial charge >= 0.3 is 71.6 Å². The van der Waals surface area contributed by atoms with E-state index in [1.54, 1.807) is 146 Å². The van der Waals surface area contributed by atoms with Crippen molar-refractivity contribution in [3.8, 4) is 103 Å². The fourth-order valence-corrected chi connectivity index (χ4v) is 12.8. The van der Waals surface area contributed by atoms with Crippen molar-refractivity contribution < 1.29 is 171 Å². The lowest BCUT2D eigenvalue weighted by atomic mass is 9.93. The van der Waals surface area contributed by atoms with Crippen LogP contribution in [0.3, 0.4) is 0 Å². The third-order valence-corrected chi connectivity index (χ3v) is 19.7. The molecule has 0 radical (unpaired) electrons. The van der Waals surface area contributed by atoms with E-state index < -0.39 is 106 Å². The average molecular weight is 2050 g/mol. The van der Waals surface area contributed by atoms with E-state index in [9.17, 15) is 57.5 Å². The Hall–Kier alpha value is -18.9. The molecule has 0 aliphatic heterocycles. The first-order valence-corrected chi connectivity index (χ1v) is 46.8. The highest BCUT2D eigenvalue weighted by Crippen LogP contribution is 2.48. The second-order valence-corrected chi connectivity index (χ2v) is 30.6. The Morgan fingerprint density at radius 1 is 0.167 bits per heavy atom. The second-order valence-electron chi connectivity index (χ2n) is 30.6. The van der Waals surface area contributed by atoms with E-state index in [0.717, 1.165) is 72.9 Å². The Balaban J connectivity index is 1.05. The zero-order valence-electron chi connectivity index (χ0n) is 81.6. The normalized spacial score (nSPS) is 11.0. The molecule has 10 aromatic rings. The molecule has 0 spiro atoms.